The number of hydrogen-bond acceptors (Lipinski definition) is 7. The summed E-state index contributed by atoms with van der Waals surface area (Å²) in [4.78, 5) is 24.4. The molecule has 0 atom stereocenters. The maximum Gasteiger partial charge on any atom is 0.407 e. The lowest BCUT2D eigenvalue weighted by Gasteiger charge is -2.19. The Morgan fingerprint density at radius 1 is 0.870 bits per heavy atom. The fraction of sp³-hybridized carbons (Fsp3) is 0.243. The van der Waals surface area contributed by atoms with Gasteiger partial charge in [-0.1, -0.05) is 30.3 Å². The van der Waals surface area contributed by atoms with Crippen molar-refractivity contribution in [3.8, 4) is 33.8 Å². The van der Waals surface area contributed by atoms with Crippen molar-refractivity contribution >= 4 is 23.0 Å². The van der Waals surface area contributed by atoms with E-state index in [1.807, 2.05) is 63.2 Å². The minimum absolute atomic E-state index is 0.00660. The molecule has 46 heavy (non-hydrogen) atoms. The minimum atomic E-state index is -0.591. The van der Waals surface area contributed by atoms with Crippen LogP contribution < -0.4 is 14.8 Å². The second-order valence-electron chi connectivity index (χ2n) is 11.7. The van der Waals surface area contributed by atoms with Crippen molar-refractivity contribution in [1.29, 1.82) is 0 Å². The molecule has 0 saturated carbocycles. The van der Waals surface area contributed by atoms with E-state index in [1.165, 1.54) is 20.3 Å². The Hall–Kier alpha value is -5.31. The van der Waals surface area contributed by atoms with Gasteiger partial charge in [0.15, 0.2) is 0 Å². The molecule has 4 aromatic carbocycles. The smallest absolute Gasteiger partial charge is 0.407 e. The van der Waals surface area contributed by atoms with Crippen LogP contribution in [0.3, 0.4) is 0 Å². The van der Waals surface area contributed by atoms with Crippen LogP contribution in [0.15, 0.2) is 89.5 Å². The second-order valence-corrected chi connectivity index (χ2v) is 11.7. The number of rotatable bonds is 10. The van der Waals surface area contributed by atoms with Gasteiger partial charge in [0.2, 0.25) is 0 Å². The highest BCUT2D eigenvalue weighted by Gasteiger charge is 2.17. The van der Waals surface area contributed by atoms with Gasteiger partial charge in [0, 0.05) is 34.7 Å². The maximum absolute atomic E-state index is 14.9. The Balaban J connectivity index is 1.42. The zero-order chi connectivity index (χ0) is 32.8. The molecule has 0 bridgehead atoms. The van der Waals surface area contributed by atoms with Crippen molar-refractivity contribution in [2.45, 2.75) is 45.9 Å². The number of ether oxygens (including phenoxy) is 4. The summed E-state index contributed by atoms with van der Waals surface area (Å²) < 4.78 is 42.5. The summed E-state index contributed by atoms with van der Waals surface area (Å²) in [6, 6.07) is 23.5. The molecule has 1 aromatic heterocycles. The predicted octanol–water partition coefficient (Wildman–Crippen LogP) is 8.23. The summed E-state index contributed by atoms with van der Waals surface area (Å²) in [6.07, 6.45) is 1.14. The van der Waals surface area contributed by atoms with E-state index in [4.69, 9.17) is 23.4 Å². The molecule has 0 saturated heterocycles. The van der Waals surface area contributed by atoms with Crippen LogP contribution in [-0.4, -0.2) is 31.9 Å². The zero-order valence-corrected chi connectivity index (χ0v) is 26.4. The van der Waals surface area contributed by atoms with Crippen molar-refractivity contribution in [2.24, 2.45) is 0 Å². The molecule has 0 spiro atoms. The number of carbonyl (C=O) groups is 2. The van der Waals surface area contributed by atoms with Gasteiger partial charge in [-0.05, 0) is 85.5 Å². The van der Waals surface area contributed by atoms with Crippen molar-refractivity contribution in [1.82, 2.24) is 5.32 Å². The van der Waals surface area contributed by atoms with Crippen LogP contribution in [0.1, 0.15) is 37.5 Å². The number of hydrogen-bond donors (Lipinski definition) is 1. The number of esters is 1. The van der Waals surface area contributed by atoms with Gasteiger partial charge in [0.25, 0.3) is 0 Å². The van der Waals surface area contributed by atoms with Crippen molar-refractivity contribution in [2.75, 3.05) is 14.2 Å². The summed E-state index contributed by atoms with van der Waals surface area (Å²) in [5.74, 6) is -0.0153. The number of benzene rings is 4. The summed E-state index contributed by atoms with van der Waals surface area (Å²) in [5.41, 5.74) is 5.18. The lowest BCUT2D eigenvalue weighted by Crippen LogP contribution is -2.32. The van der Waals surface area contributed by atoms with Crippen LogP contribution in [0.5, 0.6) is 11.5 Å². The Labute approximate surface area is 267 Å². The molecular weight excluding hydrogens is 589 g/mol. The van der Waals surface area contributed by atoms with Gasteiger partial charge >= 0.3 is 12.1 Å². The number of nitrogens with one attached hydrogen (secondary N) is 1. The molecule has 0 aliphatic rings. The summed E-state index contributed by atoms with van der Waals surface area (Å²) >= 11 is 0. The predicted molar refractivity (Wildman–Crippen MR) is 173 cm³/mol. The first-order valence-electron chi connectivity index (χ1n) is 14.8. The Morgan fingerprint density at radius 3 is 2.41 bits per heavy atom. The largest absolute Gasteiger partial charge is 0.497 e. The summed E-state index contributed by atoms with van der Waals surface area (Å²) in [7, 11) is 2.81. The van der Waals surface area contributed by atoms with Gasteiger partial charge < -0.3 is 28.7 Å². The molecule has 8 nitrogen and oxygen atoms in total. The molecular formula is C37H36FNO7. The van der Waals surface area contributed by atoms with Gasteiger partial charge in [-0.15, -0.1) is 0 Å². The molecule has 5 rings (SSSR count). The van der Waals surface area contributed by atoms with Crippen LogP contribution >= 0.6 is 0 Å². The first kappa shape index (κ1) is 32.1. The van der Waals surface area contributed by atoms with Gasteiger partial charge in [0.05, 0.1) is 26.9 Å². The topological polar surface area (TPSA) is 96.2 Å². The van der Waals surface area contributed by atoms with E-state index in [-0.39, 0.29) is 13.0 Å². The first-order chi connectivity index (χ1) is 22.0. The third kappa shape index (κ3) is 7.85. The van der Waals surface area contributed by atoms with Crippen LogP contribution in [0.2, 0.25) is 0 Å². The fourth-order valence-corrected chi connectivity index (χ4v) is 5.03. The number of alkyl carbamates (subject to hydrolysis) is 1. The molecule has 1 heterocycles. The quantitative estimate of drug-likeness (QED) is 0.156. The standard InChI is InChI=1S/C37H36FNO7/c1-37(2,3)46-36(41)39-21-23-7-6-8-25(15-23)31-17-24(16-28-13-14-44-35(28)31)22-45-33-18-26(9-10-27(33)19-34(40)43-5)30-12-11-29(42-4)20-32(30)38/h6-18,20H,19,21-22H2,1-5H3,(H,39,41). The van der Waals surface area contributed by atoms with Gasteiger partial charge in [-0.3, -0.25) is 4.79 Å². The number of furan rings is 1. The number of methoxy groups -OCH3 is 2. The minimum Gasteiger partial charge on any atom is -0.497 e. The SMILES string of the molecule is COC(=O)Cc1ccc(-c2ccc(OC)cc2F)cc1OCc1cc(-c2cccc(CNC(=O)OC(C)(C)C)c2)c2occc2c1. The van der Waals surface area contributed by atoms with Crippen LogP contribution in [0, 0.1) is 5.82 Å². The van der Waals surface area contributed by atoms with Crippen LogP contribution in [0.4, 0.5) is 9.18 Å². The van der Waals surface area contributed by atoms with E-state index in [0.29, 0.717) is 40.3 Å². The van der Waals surface area contributed by atoms with Crippen molar-refractivity contribution in [3.63, 3.8) is 0 Å². The van der Waals surface area contributed by atoms with Gasteiger partial charge in [0.1, 0.15) is 35.1 Å². The van der Waals surface area contributed by atoms with E-state index in [1.54, 1.807) is 36.6 Å². The molecule has 0 aliphatic heterocycles. The van der Waals surface area contributed by atoms with Crippen molar-refractivity contribution < 1.29 is 37.3 Å². The van der Waals surface area contributed by atoms with Gasteiger partial charge in [-0.2, -0.15) is 0 Å². The van der Waals surface area contributed by atoms with E-state index >= 15 is 0 Å². The Kier molecular flexibility index (Phi) is 9.61. The van der Waals surface area contributed by atoms with E-state index in [2.05, 4.69) is 5.32 Å². The molecule has 0 unspecified atom stereocenters. The highest BCUT2D eigenvalue weighted by molar-refractivity contribution is 5.93. The number of amides is 1. The molecule has 9 heteroatoms. The lowest BCUT2D eigenvalue weighted by atomic mass is 9.99. The molecule has 1 N–H and O–H groups in total. The van der Waals surface area contributed by atoms with Crippen LogP contribution in [0.25, 0.3) is 33.2 Å². The highest BCUT2D eigenvalue weighted by Crippen LogP contribution is 2.34. The van der Waals surface area contributed by atoms with Crippen LogP contribution in [-0.2, 0) is 33.8 Å². The molecule has 0 aliphatic carbocycles. The zero-order valence-electron chi connectivity index (χ0n) is 26.4. The van der Waals surface area contributed by atoms with Crippen molar-refractivity contribution in [3.05, 3.63) is 108 Å². The highest BCUT2D eigenvalue weighted by atomic mass is 19.1. The summed E-state index contributed by atoms with van der Waals surface area (Å²) in [5, 5.41) is 3.68. The van der Waals surface area contributed by atoms with E-state index < -0.39 is 23.5 Å². The number of fused-ring (bicyclic) bond motifs is 1. The Morgan fingerprint density at radius 2 is 1.67 bits per heavy atom. The maximum atomic E-state index is 14.9. The number of halogens is 1. The Bertz CT molecular complexity index is 1870. The monoisotopic (exact) mass is 625 g/mol. The second kappa shape index (κ2) is 13.8. The normalized spacial score (nSPS) is 11.3. The molecule has 1 amide bonds. The molecule has 238 valence electrons. The van der Waals surface area contributed by atoms with E-state index in [9.17, 15) is 14.0 Å². The fourth-order valence-electron chi connectivity index (χ4n) is 5.03. The first-order valence-corrected chi connectivity index (χ1v) is 14.8. The third-order valence-corrected chi connectivity index (χ3v) is 7.20. The van der Waals surface area contributed by atoms with E-state index in [0.717, 1.165) is 27.6 Å². The molecule has 0 radical (unpaired) electrons. The average molecular weight is 626 g/mol. The number of carbonyl (C=O) groups excluding carboxylic acids is 2. The third-order valence-electron chi connectivity index (χ3n) is 7.20. The molecule has 5 aromatic rings. The average Bonchev–Trinajstić information content (AvgIpc) is 3.51. The van der Waals surface area contributed by atoms with Gasteiger partial charge in [-0.25, -0.2) is 9.18 Å². The summed E-state index contributed by atoms with van der Waals surface area (Å²) in [6.45, 7) is 5.90. The molecule has 0 fully saturated rings. The lowest BCUT2D eigenvalue weighted by molar-refractivity contribution is -0.139.